The number of thiocarbonyl (C=S) groups is 1. The van der Waals surface area contributed by atoms with E-state index >= 15 is 0 Å². The molecule has 0 radical (unpaired) electrons. The van der Waals surface area contributed by atoms with E-state index in [1.165, 1.54) is 16.7 Å². The van der Waals surface area contributed by atoms with Crippen LogP contribution in [0.1, 0.15) is 29.5 Å². The second-order valence-corrected chi connectivity index (χ2v) is 7.56. The monoisotopic (exact) mass is 393 g/mol. The number of hydrogen-bond acceptors (Lipinski definition) is 2. The van der Waals surface area contributed by atoms with E-state index in [4.69, 9.17) is 35.4 Å². The van der Waals surface area contributed by atoms with Crippen molar-refractivity contribution in [3.05, 3.63) is 63.1 Å². The first-order valence-electron chi connectivity index (χ1n) is 8.29. The number of rotatable bonds is 3. The lowest BCUT2D eigenvalue weighted by molar-refractivity contribution is 0.295. The molecule has 2 aromatic carbocycles. The number of likely N-dealkylation sites (N-methyl/N-ethyl adjacent to an activating group) is 1. The van der Waals surface area contributed by atoms with Crippen molar-refractivity contribution >= 4 is 46.2 Å². The molecule has 0 fully saturated rings. The van der Waals surface area contributed by atoms with Crippen molar-refractivity contribution < 1.29 is 0 Å². The molecule has 0 saturated carbocycles. The molecule has 6 heteroatoms. The van der Waals surface area contributed by atoms with Gasteiger partial charge in [-0.15, -0.1) is 0 Å². The van der Waals surface area contributed by atoms with E-state index in [1.807, 2.05) is 19.1 Å². The van der Waals surface area contributed by atoms with E-state index in [0.29, 0.717) is 10.1 Å². The molecule has 2 N–H and O–H groups in total. The largest absolute Gasteiger partial charge is 0.363 e. The zero-order chi connectivity index (χ0) is 18.0. The van der Waals surface area contributed by atoms with Gasteiger partial charge in [-0.3, -0.25) is 0 Å². The number of halogens is 2. The Hall–Kier alpha value is -1.33. The van der Waals surface area contributed by atoms with Gasteiger partial charge in [-0.05, 0) is 67.1 Å². The Bertz CT molecular complexity index is 777. The SMILES string of the molecule is CCNC(=S)Nc1ccc(C2CN(C)Cc3c(Cl)cc(Cl)cc32)cc1. The average Bonchev–Trinajstić information content (AvgIpc) is 2.56. The van der Waals surface area contributed by atoms with Crippen LogP contribution < -0.4 is 10.6 Å². The van der Waals surface area contributed by atoms with E-state index in [2.05, 4.69) is 46.8 Å². The first kappa shape index (κ1) is 18.5. The molecule has 1 unspecified atom stereocenters. The lowest BCUT2D eigenvalue weighted by Crippen LogP contribution is -2.31. The number of nitrogens with one attached hydrogen (secondary N) is 2. The zero-order valence-electron chi connectivity index (χ0n) is 14.3. The fourth-order valence-corrected chi connectivity index (χ4v) is 4.10. The van der Waals surface area contributed by atoms with E-state index in [0.717, 1.165) is 30.3 Å². The van der Waals surface area contributed by atoms with Crippen LogP contribution in [-0.2, 0) is 6.54 Å². The maximum atomic E-state index is 6.44. The summed E-state index contributed by atoms with van der Waals surface area (Å²) in [5, 5.41) is 8.34. The summed E-state index contributed by atoms with van der Waals surface area (Å²) in [5.74, 6) is 0.250. The summed E-state index contributed by atoms with van der Waals surface area (Å²) in [5.41, 5.74) is 4.61. The molecule has 0 spiro atoms. The van der Waals surface area contributed by atoms with E-state index < -0.39 is 0 Å². The second kappa shape index (κ2) is 7.92. The van der Waals surface area contributed by atoms with E-state index in [1.54, 1.807) is 0 Å². The van der Waals surface area contributed by atoms with E-state index in [-0.39, 0.29) is 5.92 Å². The Morgan fingerprint density at radius 2 is 1.96 bits per heavy atom. The molecule has 3 nitrogen and oxygen atoms in total. The number of anilines is 1. The fraction of sp³-hybridized carbons (Fsp3) is 0.316. The molecule has 1 aliphatic rings. The normalized spacial score (nSPS) is 17.0. The average molecular weight is 394 g/mol. The van der Waals surface area contributed by atoms with Gasteiger partial charge in [0.25, 0.3) is 0 Å². The Labute approximate surface area is 164 Å². The number of hydrogen-bond donors (Lipinski definition) is 2. The Kier molecular flexibility index (Phi) is 5.85. The third-order valence-electron chi connectivity index (χ3n) is 4.40. The van der Waals surface area contributed by atoms with Crippen LogP contribution in [0.5, 0.6) is 0 Å². The molecule has 0 saturated heterocycles. The zero-order valence-corrected chi connectivity index (χ0v) is 16.6. The molecule has 25 heavy (non-hydrogen) atoms. The Balaban J connectivity index is 1.88. The predicted molar refractivity (Wildman–Crippen MR) is 111 cm³/mol. The van der Waals surface area contributed by atoms with Gasteiger partial charge in [-0.25, -0.2) is 0 Å². The van der Waals surface area contributed by atoms with Gasteiger partial charge in [0, 0.05) is 41.3 Å². The molecule has 0 aromatic heterocycles. The van der Waals surface area contributed by atoms with Crippen LogP contribution in [0.3, 0.4) is 0 Å². The third-order valence-corrected chi connectivity index (χ3v) is 5.20. The van der Waals surface area contributed by atoms with Crippen molar-refractivity contribution in [2.45, 2.75) is 19.4 Å². The smallest absolute Gasteiger partial charge is 0.170 e. The summed E-state index contributed by atoms with van der Waals surface area (Å²) in [6.45, 7) is 4.60. The third kappa shape index (κ3) is 4.26. The summed E-state index contributed by atoms with van der Waals surface area (Å²) in [7, 11) is 2.12. The highest BCUT2D eigenvalue weighted by Gasteiger charge is 2.26. The molecule has 132 valence electrons. The van der Waals surface area contributed by atoms with Gasteiger partial charge in [0.2, 0.25) is 0 Å². The van der Waals surface area contributed by atoms with Crippen LogP contribution in [0.4, 0.5) is 5.69 Å². The van der Waals surface area contributed by atoms with Gasteiger partial charge < -0.3 is 15.5 Å². The summed E-state index contributed by atoms with van der Waals surface area (Å²) >= 11 is 17.9. The molecule has 1 aliphatic heterocycles. The van der Waals surface area contributed by atoms with Gasteiger partial charge in [0.1, 0.15) is 0 Å². The van der Waals surface area contributed by atoms with Gasteiger partial charge in [-0.1, -0.05) is 35.3 Å². The minimum absolute atomic E-state index is 0.250. The van der Waals surface area contributed by atoms with Crippen molar-refractivity contribution in [2.24, 2.45) is 0 Å². The predicted octanol–water partition coefficient (Wildman–Crippen LogP) is 4.88. The summed E-state index contributed by atoms with van der Waals surface area (Å²) in [6.07, 6.45) is 0. The van der Waals surface area contributed by atoms with Crippen LogP contribution in [0.25, 0.3) is 0 Å². The van der Waals surface area contributed by atoms with E-state index in [9.17, 15) is 0 Å². The van der Waals surface area contributed by atoms with Gasteiger partial charge in [0.05, 0.1) is 0 Å². The highest BCUT2D eigenvalue weighted by Crippen LogP contribution is 2.38. The van der Waals surface area contributed by atoms with Crippen molar-refractivity contribution in [3.8, 4) is 0 Å². The van der Waals surface area contributed by atoms with Gasteiger partial charge in [-0.2, -0.15) is 0 Å². The minimum Gasteiger partial charge on any atom is -0.363 e. The summed E-state index contributed by atoms with van der Waals surface area (Å²) in [4.78, 5) is 2.29. The lowest BCUT2D eigenvalue weighted by atomic mass is 9.85. The maximum absolute atomic E-state index is 6.44. The van der Waals surface area contributed by atoms with Crippen molar-refractivity contribution in [2.75, 3.05) is 25.5 Å². The second-order valence-electron chi connectivity index (χ2n) is 6.31. The van der Waals surface area contributed by atoms with Crippen LogP contribution in [0, 0.1) is 0 Å². The number of fused-ring (bicyclic) bond motifs is 1. The first-order valence-corrected chi connectivity index (χ1v) is 9.45. The first-order chi connectivity index (χ1) is 12.0. The quantitative estimate of drug-likeness (QED) is 0.726. The molecule has 0 amide bonds. The summed E-state index contributed by atoms with van der Waals surface area (Å²) < 4.78 is 0. The number of benzene rings is 2. The molecule has 1 heterocycles. The molecule has 0 bridgehead atoms. The maximum Gasteiger partial charge on any atom is 0.170 e. The van der Waals surface area contributed by atoms with Crippen LogP contribution in [-0.4, -0.2) is 30.1 Å². The highest BCUT2D eigenvalue weighted by atomic mass is 35.5. The molecule has 3 rings (SSSR count). The molecule has 0 aliphatic carbocycles. The van der Waals surface area contributed by atoms with Gasteiger partial charge >= 0.3 is 0 Å². The Morgan fingerprint density at radius 3 is 2.64 bits per heavy atom. The standard InChI is InChI=1S/C19H21Cl2N3S/c1-3-22-19(25)23-14-6-4-12(5-7-14)16-10-24(2)11-17-15(16)8-13(20)9-18(17)21/h4-9,16H,3,10-11H2,1-2H3,(H2,22,23,25). The van der Waals surface area contributed by atoms with Crippen LogP contribution >= 0.6 is 35.4 Å². The minimum atomic E-state index is 0.250. The molecule has 2 aromatic rings. The van der Waals surface area contributed by atoms with Crippen molar-refractivity contribution in [3.63, 3.8) is 0 Å². The molecular weight excluding hydrogens is 373 g/mol. The van der Waals surface area contributed by atoms with Crippen LogP contribution in [0.15, 0.2) is 36.4 Å². The number of nitrogens with zero attached hydrogens (tertiary/aromatic N) is 1. The lowest BCUT2D eigenvalue weighted by Gasteiger charge is -2.33. The summed E-state index contributed by atoms with van der Waals surface area (Å²) in [6, 6.07) is 12.3. The fourth-order valence-electron chi connectivity index (χ4n) is 3.27. The van der Waals surface area contributed by atoms with Crippen LogP contribution in [0.2, 0.25) is 10.0 Å². The topological polar surface area (TPSA) is 27.3 Å². The van der Waals surface area contributed by atoms with Gasteiger partial charge in [0.15, 0.2) is 5.11 Å². The highest BCUT2D eigenvalue weighted by molar-refractivity contribution is 7.80. The van der Waals surface area contributed by atoms with Crippen molar-refractivity contribution in [1.29, 1.82) is 0 Å². The van der Waals surface area contributed by atoms with Crippen molar-refractivity contribution in [1.82, 2.24) is 10.2 Å². The Morgan fingerprint density at radius 1 is 1.24 bits per heavy atom. The molecule has 1 atom stereocenters. The molecular formula is C19H21Cl2N3S.